The van der Waals surface area contributed by atoms with Gasteiger partial charge < -0.3 is 9.64 Å². The molecule has 180 valence electrons. The molecule has 2 aliphatic heterocycles. The first kappa shape index (κ1) is 23.4. The number of nitrogens with one attached hydrogen (secondary N) is 1. The number of amides is 1. The van der Waals surface area contributed by atoms with Crippen LogP contribution in [-0.2, 0) is 26.0 Å². The van der Waals surface area contributed by atoms with Gasteiger partial charge in [-0.1, -0.05) is 29.7 Å². The van der Waals surface area contributed by atoms with Gasteiger partial charge in [0.05, 0.1) is 18.9 Å². The third-order valence-electron chi connectivity index (χ3n) is 7.33. The van der Waals surface area contributed by atoms with Crippen LogP contribution in [0.2, 0.25) is 0 Å². The maximum absolute atomic E-state index is 15.7. The molecule has 1 amide bonds. The molecule has 3 aliphatic rings. The average molecular weight is 488 g/mol. The molecule has 3 fully saturated rings. The molecule has 2 aromatic rings. The van der Waals surface area contributed by atoms with E-state index in [0.29, 0.717) is 25.1 Å². The minimum Gasteiger partial charge on any atom is -0.368 e. The Bertz CT molecular complexity index is 1230. The predicted molar refractivity (Wildman–Crippen MR) is 127 cm³/mol. The summed E-state index contributed by atoms with van der Waals surface area (Å²) in [6, 6.07) is 8.24. The van der Waals surface area contributed by atoms with Crippen molar-refractivity contribution >= 4 is 29.2 Å². The molecule has 6 nitrogen and oxygen atoms in total. The van der Waals surface area contributed by atoms with E-state index in [-0.39, 0.29) is 28.9 Å². The zero-order valence-electron chi connectivity index (χ0n) is 19.2. The van der Waals surface area contributed by atoms with E-state index < -0.39 is 39.8 Å². The lowest BCUT2D eigenvalue weighted by atomic mass is 9.90. The summed E-state index contributed by atoms with van der Waals surface area (Å²) in [4.78, 5) is 14.8. The highest BCUT2D eigenvalue weighted by Gasteiger charge is 2.61. The maximum atomic E-state index is 15.7. The second kappa shape index (κ2) is 8.43. The molecule has 0 radical (unpaired) electrons. The van der Waals surface area contributed by atoms with Crippen LogP contribution in [0.1, 0.15) is 24.8 Å². The van der Waals surface area contributed by atoms with Gasteiger partial charge in [0.25, 0.3) is 5.91 Å². The van der Waals surface area contributed by atoms with Crippen molar-refractivity contribution in [2.75, 3.05) is 19.4 Å². The summed E-state index contributed by atoms with van der Waals surface area (Å²) >= 11 is 0. The van der Waals surface area contributed by atoms with Crippen molar-refractivity contribution < 1.29 is 26.7 Å². The number of ether oxygens (including phenoxy) is 1. The Morgan fingerprint density at radius 2 is 1.91 bits per heavy atom. The fraction of sp³-hybridized carbons (Fsp3) is 0.458. The van der Waals surface area contributed by atoms with Gasteiger partial charge in [-0.05, 0) is 42.5 Å². The van der Waals surface area contributed by atoms with Gasteiger partial charge in [-0.25, -0.2) is 21.9 Å². The summed E-state index contributed by atoms with van der Waals surface area (Å²) in [7, 11) is -1.67. The van der Waals surface area contributed by atoms with Crippen molar-refractivity contribution in [1.82, 2.24) is 9.62 Å². The van der Waals surface area contributed by atoms with Gasteiger partial charge in [0.2, 0.25) is 10.0 Å². The zero-order valence-corrected chi connectivity index (χ0v) is 20.0. The van der Waals surface area contributed by atoms with Crippen LogP contribution in [0.25, 0.3) is 11.1 Å². The Balaban J connectivity index is 1.53. The van der Waals surface area contributed by atoms with Gasteiger partial charge in [-0.3, -0.25) is 4.79 Å². The van der Waals surface area contributed by atoms with E-state index >= 15 is 4.39 Å². The molecule has 1 spiro atoms. The lowest BCUT2D eigenvalue weighted by Gasteiger charge is -2.34. The second-order valence-corrected chi connectivity index (χ2v) is 11.7. The zero-order chi connectivity index (χ0) is 24.3. The monoisotopic (exact) mass is 488 g/mol. The van der Waals surface area contributed by atoms with Gasteiger partial charge >= 0.3 is 0 Å². The van der Waals surface area contributed by atoms with Crippen LogP contribution in [0.4, 0.5) is 8.78 Å². The van der Waals surface area contributed by atoms with Crippen molar-refractivity contribution in [3.63, 3.8) is 0 Å². The van der Waals surface area contributed by atoms with E-state index in [4.69, 9.17) is 4.74 Å². The summed E-state index contributed by atoms with van der Waals surface area (Å²) in [5.74, 6) is -1.36. The number of halogens is 2. The second-order valence-electron chi connectivity index (χ2n) is 9.91. The lowest BCUT2D eigenvalue weighted by molar-refractivity contribution is -0.157. The van der Waals surface area contributed by atoms with Crippen LogP contribution in [0, 0.1) is 17.0 Å². The predicted octanol–water partition coefficient (Wildman–Crippen LogP) is 1.13. The Hall–Kier alpha value is -2.30. The van der Waals surface area contributed by atoms with E-state index in [2.05, 4.69) is 4.72 Å². The van der Waals surface area contributed by atoms with Gasteiger partial charge in [-0.15, -0.1) is 0 Å². The number of likely N-dealkylation sites (tertiary alicyclic amines) is 1. The molecule has 0 unspecified atom stereocenters. The molecule has 1 N–H and O–H groups in total. The first-order valence-electron chi connectivity index (χ1n) is 11.5. The quantitative estimate of drug-likeness (QED) is 0.619. The minimum atomic E-state index is -3.59. The topological polar surface area (TPSA) is 75.7 Å². The van der Waals surface area contributed by atoms with E-state index in [0.717, 1.165) is 36.7 Å². The fourth-order valence-corrected chi connectivity index (χ4v) is 6.12. The molecule has 0 bridgehead atoms. The van der Waals surface area contributed by atoms with Crippen molar-refractivity contribution in [2.45, 2.75) is 43.9 Å². The lowest BCUT2D eigenvalue weighted by Crippen LogP contribution is -2.53. The van der Waals surface area contributed by atoms with Crippen LogP contribution < -0.4 is 10.2 Å². The smallest absolute Gasteiger partial charge is 0.252 e. The van der Waals surface area contributed by atoms with Crippen molar-refractivity contribution in [2.24, 2.45) is 5.41 Å². The number of benzene rings is 2. The Morgan fingerprint density at radius 3 is 2.47 bits per heavy atom. The van der Waals surface area contributed by atoms with Crippen LogP contribution >= 0.6 is 0 Å². The molecule has 10 heteroatoms. The normalized spacial score (nSPS) is 25.4. The first-order chi connectivity index (χ1) is 16.1. The van der Waals surface area contributed by atoms with Gasteiger partial charge in [0, 0.05) is 30.0 Å². The molecular formula is C24H27BF2N2O4S. The van der Waals surface area contributed by atoms with Gasteiger partial charge in [0.15, 0.2) is 0 Å². The third-order valence-corrected chi connectivity index (χ3v) is 8.01. The van der Waals surface area contributed by atoms with Crippen LogP contribution in [0.5, 0.6) is 0 Å². The highest BCUT2D eigenvalue weighted by Crippen LogP contribution is 2.56. The fourth-order valence-electron chi connectivity index (χ4n) is 5.25. The molecule has 34 heavy (non-hydrogen) atoms. The van der Waals surface area contributed by atoms with E-state index in [9.17, 15) is 17.6 Å². The Kier molecular flexibility index (Phi) is 5.81. The molecule has 2 heterocycles. The van der Waals surface area contributed by atoms with Crippen molar-refractivity contribution in [1.29, 1.82) is 0 Å². The molecule has 1 aliphatic carbocycles. The molecule has 5 rings (SSSR count). The van der Waals surface area contributed by atoms with Gasteiger partial charge in [-0.2, -0.15) is 0 Å². The first-order valence-corrected chi connectivity index (χ1v) is 13.4. The third kappa shape index (κ3) is 4.39. The van der Waals surface area contributed by atoms with Crippen LogP contribution in [-0.4, -0.2) is 64.7 Å². The van der Waals surface area contributed by atoms with Crippen molar-refractivity contribution in [3.8, 4) is 11.1 Å². The van der Waals surface area contributed by atoms with E-state index in [1.54, 1.807) is 17.0 Å². The Labute approximate surface area is 199 Å². The number of hydrogen-bond acceptors (Lipinski definition) is 4. The number of rotatable bonds is 6. The van der Waals surface area contributed by atoms with Crippen molar-refractivity contribution in [3.05, 3.63) is 53.6 Å². The van der Waals surface area contributed by atoms with Crippen LogP contribution in [0.3, 0.4) is 0 Å². The largest absolute Gasteiger partial charge is 0.368 e. The molecule has 2 aromatic carbocycles. The summed E-state index contributed by atoms with van der Waals surface area (Å²) in [6.45, 7) is 0.884. The number of carbonyl (C=O) groups excluding carboxylic acids is 1. The van der Waals surface area contributed by atoms with E-state index in [1.807, 2.05) is 20.0 Å². The standard InChI is InChI=1S/C24H27BF2N2O4S/c1-34(31,32)28-22-19(29(13-24(22)7-8-24)23(30)20-6-9-33-20)11-15-10-17(26)12-18(21(15)27)14-2-4-16(25)5-3-14/h2-5,10,12,19-20,22,28H,6-9,11,13,25H2,1H3/t19-,20+,22+/m0/s1. The summed E-state index contributed by atoms with van der Waals surface area (Å²) in [5, 5.41) is 0. The maximum Gasteiger partial charge on any atom is 0.252 e. The highest BCUT2D eigenvalue weighted by molar-refractivity contribution is 7.88. The minimum absolute atomic E-state index is 0.00412. The number of sulfonamides is 1. The summed E-state index contributed by atoms with van der Waals surface area (Å²) in [5.41, 5.74) is 1.43. The molecule has 2 saturated heterocycles. The average Bonchev–Trinajstić information content (AvgIpc) is 3.44. The molecule has 0 aromatic heterocycles. The SMILES string of the molecule is Bc1ccc(-c2cc(F)cc(C[C@H]3[C@@H](NS(C)(=O)=O)C4(CC4)CN3C(=O)[C@H]3CCO3)c2F)cc1. The molecular weight excluding hydrogens is 461 g/mol. The molecule has 1 saturated carbocycles. The van der Waals surface area contributed by atoms with E-state index in [1.165, 1.54) is 0 Å². The highest BCUT2D eigenvalue weighted by atomic mass is 32.2. The number of carbonyl (C=O) groups is 1. The summed E-state index contributed by atoms with van der Waals surface area (Å²) in [6.07, 6.45) is 2.66. The molecule has 3 atom stereocenters. The summed E-state index contributed by atoms with van der Waals surface area (Å²) < 4.78 is 62.8. The Morgan fingerprint density at radius 1 is 1.24 bits per heavy atom. The van der Waals surface area contributed by atoms with Gasteiger partial charge in [0.1, 0.15) is 25.6 Å². The number of nitrogens with zero attached hydrogens (tertiary/aromatic N) is 1. The van der Waals surface area contributed by atoms with Crippen LogP contribution in [0.15, 0.2) is 36.4 Å². The number of hydrogen-bond donors (Lipinski definition) is 1.